The first-order chi connectivity index (χ1) is 6.24. The average molecular weight is 195 g/mol. The van der Waals surface area contributed by atoms with E-state index in [1.807, 2.05) is 18.2 Å². The lowest BCUT2D eigenvalue weighted by molar-refractivity contribution is -0.116. The molecule has 0 aliphatic rings. The van der Waals surface area contributed by atoms with Gasteiger partial charge in [-0.3, -0.25) is 4.79 Å². The highest BCUT2D eigenvalue weighted by Crippen LogP contribution is 2.01. The Balaban J connectivity index is 2.71. The van der Waals surface area contributed by atoms with Crippen molar-refractivity contribution in [3.8, 4) is 0 Å². The second-order valence-corrected chi connectivity index (χ2v) is 2.83. The van der Waals surface area contributed by atoms with Gasteiger partial charge in [0.25, 0.3) is 5.78 Å². The third kappa shape index (κ3) is 2.82. The van der Waals surface area contributed by atoms with Gasteiger partial charge in [-0.05, 0) is 5.56 Å². The molecule has 0 aliphatic carbocycles. The number of hydrogen-bond donors (Lipinski definition) is 0. The zero-order chi connectivity index (χ0) is 9.68. The molecule has 1 aromatic rings. The van der Waals surface area contributed by atoms with Crippen molar-refractivity contribution in [2.75, 3.05) is 0 Å². The van der Waals surface area contributed by atoms with Crippen molar-refractivity contribution in [3.05, 3.63) is 41.4 Å². The normalized spacial score (nSPS) is 9.00. The third-order valence-corrected chi connectivity index (χ3v) is 1.81. The van der Waals surface area contributed by atoms with Crippen molar-refractivity contribution in [1.82, 2.24) is 0 Å². The summed E-state index contributed by atoms with van der Waals surface area (Å²) in [5.41, 5.74) is 9.06. The Morgan fingerprint density at radius 3 is 2.54 bits per heavy atom. The molecule has 0 aliphatic heterocycles. The Morgan fingerprint density at radius 1 is 1.38 bits per heavy atom. The minimum atomic E-state index is -0.393. The summed E-state index contributed by atoms with van der Waals surface area (Å²) in [5, 5.41) is -0.385. The van der Waals surface area contributed by atoms with Gasteiger partial charge < -0.3 is 5.53 Å². The zero-order valence-electron chi connectivity index (χ0n) is 6.77. The molecule has 66 valence electrons. The summed E-state index contributed by atoms with van der Waals surface area (Å²) in [5.74, 6) is -0.393. The first kappa shape index (κ1) is 9.65. The molecule has 3 nitrogen and oxygen atoms in total. The van der Waals surface area contributed by atoms with E-state index in [0.29, 0.717) is 0 Å². The second kappa shape index (κ2) is 4.55. The molecule has 0 spiro atoms. The summed E-state index contributed by atoms with van der Waals surface area (Å²) in [7, 11) is 0. The van der Waals surface area contributed by atoms with Crippen molar-refractivity contribution < 1.29 is 9.58 Å². The summed E-state index contributed by atoms with van der Waals surface area (Å²) in [6, 6.07) is 9.12. The summed E-state index contributed by atoms with van der Waals surface area (Å²) in [6.45, 7) is 0. The number of nitrogens with zero attached hydrogens (tertiary/aromatic N) is 2. The van der Waals surface area contributed by atoms with E-state index in [-0.39, 0.29) is 11.6 Å². The Morgan fingerprint density at radius 2 is 2.00 bits per heavy atom. The van der Waals surface area contributed by atoms with E-state index < -0.39 is 5.78 Å². The van der Waals surface area contributed by atoms with Crippen LogP contribution in [0.1, 0.15) is 5.56 Å². The fourth-order valence-electron chi connectivity index (χ4n) is 0.910. The molecule has 4 heteroatoms. The van der Waals surface area contributed by atoms with E-state index in [1.54, 1.807) is 12.1 Å². The minimum absolute atomic E-state index is 0.156. The number of benzene rings is 1. The number of ketones is 1. The van der Waals surface area contributed by atoms with Crippen molar-refractivity contribution in [3.63, 3.8) is 0 Å². The number of hydrogen-bond acceptors (Lipinski definition) is 1. The quantitative estimate of drug-likeness (QED) is 0.410. The largest absolute Gasteiger partial charge is 0.426 e. The summed E-state index contributed by atoms with van der Waals surface area (Å²) in [4.78, 5) is 13.7. The van der Waals surface area contributed by atoms with Gasteiger partial charge in [0.1, 0.15) is 0 Å². The Kier molecular flexibility index (Phi) is 3.38. The van der Waals surface area contributed by atoms with Crippen molar-refractivity contribution >= 4 is 22.6 Å². The van der Waals surface area contributed by atoms with E-state index >= 15 is 0 Å². The maximum atomic E-state index is 11.1. The van der Waals surface area contributed by atoms with Crippen LogP contribution in [0.5, 0.6) is 0 Å². The number of Topliss-reactive ketones (excluding diaryl/α,β-unsaturated/α-hetero) is 1. The molecule has 0 heterocycles. The molecular formula is C9H7ClN2O. The number of carbonyl (C=O) groups excluding carboxylic acids is 1. The smallest absolute Gasteiger partial charge is 0.359 e. The Labute approximate surface area is 80.6 Å². The van der Waals surface area contributed by atoms with Gasteiger partial charge in [0.15, 0.2) is 0 Å². The maximum Gasteiger partial charge on any atom is 0.426 e. The van der Waals surface area contributed by atoms with E-state index in [0.717, 1.165) is 5.56 Å². The van der Waals surface area contributed by atoms with E-state index in [4.69, 9.17) is 17.1 Å². The molecule has 0 amide bonds. The lowest BCUT2D eigenvalue weighted by Gasteiger charge is -1.93. The lowest BCUT2D eigenvalue weighted by Crippen LogP contribution is -2.11. The lowest BCUT2D eigenvalue weighted by atomic mass is 10.1. The molecule has 0 aromatic heterocycles. The first-order valence-electron chi connectivity index (χ1n) is 3.68. The van der Waals surface area contributed by atoms with Gasteiger partial charge in [0.2, 0.25) is 0 Å². The number of halogens is 1. The number of rotatable bonds is 3. The zero-order valence-corrected chi connectivity index (χ0v) is 7.53. The highest BCUT2D eigenvalue weighted by molar-refractivity contribution is 6.81. The summed E-state index contributed by atoms with van der Waals surface area (Å²) < 4.78 is 0. The van der Waals surface area contributed by atoms with Crippen LogP contribution in [0.2, 0.25) is 0 Å². The van der Waals surface area contributed by atoms with Crippen LogP contribution in [-0.2, 0) is 11.2 Å². The fraction of sp³-hybridized carbons (Fsp3) is 0.111. The molecule has 0 radical (unpaired) electrons. The predicted octanol–water partition coefficient (Wildman–Crippen LogP) is 1.67. The van der Waals surface area contributed by atoms with Crippen LogP contribution in [0.3, 0.4) is 0 Å². The molecule has 0 unspecified atom stereocenters. The monoisotopic (exact) mass is 194 g/mol. The third-order valence-electron chi connectivity index (χ3n) is 1.53. The molecule has 0 fully saturated rings. The van der Waals surface area contributed by atoms with Gasteiger partial charge >= 0.3 is 5.17 Å². The number of carbonyl (C=O) groups is 1. The van der Waals surface area contributed by atoms with Crippen LogP contribution in [0.4, 0.5) is 0 Å². The minimum Gasteiger partial charge on any atom is -0.359 e. The van der Waals surface area contributed by atoms with Gasteiger partial charge in [-0.15, -0.1) is 4.79 Å². The second-order valence-electron chi connectivity index (χ2n) is 2.48. The highest BCUT2D eigenvalue weighted by Gasteiger charge is 2.16. The summed E-state index contributed by atoms with van der Waals surface area (Å²) >= 11 is 5.32. The van der Waals surface area contributed by atoms with Crippen molar-refractivity contribution in [1.29, 1.82) is 0 Å². The van der Waals surface area contributed by atoms with Crippen molar-refractivity contribution in [2.45, 2.75) is 6.42 Å². The summed E-state index contributed by atoms with van der Waals surface area (Å²) in [6.07, 6.45) is 0.156. The molecular weight excluding hydrogens is 188 g/mol. The van der Waals surface area contributed by atoms with Gasteiger partial charge in [-0.2, -0.15) is 0 Å². The molecule has 1 aromatic carbocycles. The van der Waals surface area contributed by atoms with Crippen molar-refractivity contribution in [2.24, 2.45) is 0 Å². The predicted molar refractivity (Wildman–Crippen MR) is 49.6 cm³/mol. The molecule has 0 bridgehead atoms. The molecule has 1 rings (SSSR count). The van der Waals surface area contributed by atoms with E-state index in [9.17, 15) is 4.79 Å². The van der Waals surface area contributed by atoms with E-state index in [2.05, 4.69) is 4.79 Å². The van der Waals surface area contributed by atoms with Crippen LogP contribution in [-0.4, -0.2) is 15.7 Å². The Bertz CT molecular complexity index is 355. The molecule has 0 saturated heterocycles. The topological polar surface area (TPSA) is 53.5 Å². The Hall–Kier alpha value is -1.44. The first-order valence-corrected chi connectivity index (χ1v) is 4.06. The molecule has 0 saturated carbocycles. The van der Waals surface area contributed by atoms with Crippen LogP contribution in [0.15, 0.2) is 30.3 Å². The highest BCUT2D eigenvalue weighted by atomic mass is 35.5. The van der Waals surface area contributed by atoms with Crippen LogP contribution in [0.25, 0.3) is 5.53 Å². The molecule has 0 atom stereocenters. The standard InChI is InChI=1S/C9H7ClN2O/c10-9(12-11)8(13)6-7-4-2-1-3-5-7/h1-5H,6H2. The maximum absolute atomic E-state index is 11.1. The molecule has 0 N–H and O–H groups in total. The van der Waals surface area contributed by atoms with Gasteiger partial charge in [0, 0.05) is 18.0 Å². The van der Waals surface area contributed by atoms with Crippen LogP contribution in [0, 0.1) is 0 Å². The average Bonchev–Trinajstić information content (AvgIpc) is 2.18. The van der Waals surface area contributed by atoms with Crippen LogP contribution < -0.4 is 0 Å². The van der Waals surface area contributed by atoms with Crippen LogP contribution >= 0.6 is 11.6 Å². The SMILES string of the molecule is [N-]=[N+]=C(Cl)C(=O)Cc1ccccc1. The van der Waals surface area contributed by atoms with Gasteiger partial charge in [-0.1, -0.05) is 30.3 Å². The van der Waals surface area contributed by atoms with E-state index in [1.165, 1.54) is 0 Å². The fourth-order valence-corrected chi connectivity index (χ4v) is 0.977. The van der Waals surface area contributed by atoms with Gasteiger partial charge in [0.05, 0.1) is 0 Å². The molecule has 13 heavy (non-hydrogen) atoms. The van der Waals surface area contributed by atoms with Gasteiger partial charge in [-0.25, -0.2) is 0 Å².